The van der Waals surface area contributed by atoms with Crippen LogP contribution < -0.4 is 9.64 Å². The van der Waals surface area contributed by atoms with E-state index in [4.69, 9.17) is 4.74 Å². The fourth-order valence-electron chi connectivity index (χ4n) is 2.98. The van der Waals surface area contributed by atoms with E-state index >= 15 is 0 Å². The second-order valence-electron chi connectivity index (χ2n) is 5.84. The summed E-state index contributed by atoms with van der Waals surface area (Å²) in [5.41, 5.74) is 2.72. The number of fused-ring (bicyclic) bond motifs is 3. The van der Waals surface area contributed by atoms with Crippen LogP contribution in [0.5, 0.6) is 5.88 Å². The third-order valence-corrected chi connectivity index (χ3v) is 4.81. The van der Waals surface area contributed by atoms with Crippen molar-refractivity contribution in [1.82, 2.24) is 20.2 Å². The SMILES string of the molecule is CCSc1nnc2c(n1)O[C@H](c1cccnc1)N(C(C)=O)c1ccccc1-2. The fraction of sp³-hybridized carbons (Fsp3) is 0.211. The van der Waals surface area contributed by atoms with E-state index < -0.39 is 6.23 Å². The van der Waals surface area contributed by atoms with Crippen LogP contribution in [-0.4, -0.2) is 31.8 Å². The zero-order valence-corrected chi connectivity index (χ0v) is 15.7. The highest BCUT2D eigenvalue weighted by Gasteiger charge is 2.34. The summed E-state index contributed by atoms with van der Waals surface area (Å²) in [6.45, 7) is 3.53. The lowest BCUT2D eigenvalue weighted by atomic mass is 10.1. The van der Waals surface area contributed by atoms with Crippen molar-refractivity contribution < 1.29 is 9.53 Å². The first-order valence-electron chi connectivity index (χ1n) is 8.52. The summed E-state index contributed by atoms with van der Waals surface area (Å²) in [7, 11) is 0. The fourth-order valence-corrected chi connectivity index (χ4v) is 3.49. The van der Waals surface area contributed by atoms with Crippen LogP contribution in [0.2, 0.25) is 0 Å². The van der Waals surface area contributed by atoms with Gasteiger partial charge in [-0.1, -0.05) is 43.0 Å². The number of nitrogens with zero attached hydrogens (tertiary/aromatic N) is 5. The summed E-state index contributed by atoms with van der Waals surface area (Å²) in [5, 5.41) is 9.08. The lowest BCUT2D eigenvalue weighted by Gasteiger charge is -2.29. The molecule has 0 saturated heterocycles. The Labute approximate surface area is 160 Å². The molecule has 0 bridgehead atoms. The lowest BCUT2D eigenvalue weighted by molar-refractivity contribution is -0.118. The number of rotatable bonds is 3. The maximum Gasteiger partial charge on any atom is 0.247 e. The van der Waals surface area contributed by atoms with Crippen molar-refractivity contribution in [3.63, 3.8) is 0 Å². The molecule has 3 heterocycles. The molecule has 1 aliphatic rings. The van der Waals surface area contributed by atoms with Gasteiger partial charge >= 0.3 is 0 Å². The lowest BCUT2D eigenvalue weighted by Crippen LogP contribution is -2.36. The van der Waals surface area contributed by atoms with Crippen LogP contribution in [0.25, 0.3) is 11.3 Å². The standard InChI is InChI=1S/C19H17N5O2S/c1-3-27-19-21-17-16(22-23-19)14-8-4-5-9-15(14)24(12(2)25)18(26-17)13-7-6-10-20-11-13/h4-11,18H,3H2,1-2H3/t18-/m1/s1. The van der Waals surface area contributed by atoms with Crippen molar-refractivity contribution >= 4 is 23.4 Å². The molecule has 0 aliphatic carbocycles. The van der Waals surface area contributed by atoms with Crippen molar-refractivity contribution in [1.29, 1.82) is 0 Å². The van der Waals surface area contributed by atoms with Gasteiger partial charge in [-0.25, -0.2) is 0 Å². The smallest absolute Gasteiger partial charge is 0.247 e. The van der Waals surface area contributed by atoms with E-state index in [0.29, 0.717) is 22.4 Å². The molecule has 136 valence electrons. The molecule has 0 N–H and O–H groups in total. The molecule has 1 amide bonds. The topological polar surface area (TPSA) is 81.1 Å². The number of carbonyl (C=O) groups excluding carboxylic acids is 1. The summed E-state index contributed by atoms with van der Waals surface area (Å²) >= 11 is 1.48. The number of amides is 1. The van der Waals surface area contributed by atoms with Crippen LogP contribution in [0.15, 0.2) is 53.9 Å². The highest BCUT2D eigenvalue weighted by Crippen LogP contribution is 2.43. The second kappa shape index (κ2) is 7.32. The van der Waals surface area contributed by atoms with Crippen LogP contribution in [0.4, 0.5) is 5.69 Å². The Kier molecular flexibility index (Phi) is 4.72. The van der Waals surface area contributed by atoms with Gasteiger partial charge < -0.3 is 4.74 Å². The zero-order valence-electron chi connectivity index (χ0n) is 14.9. The Morgan fingerprint density at radius 3 is 2.81 bits per heavy atom. The van der Waals surface area contributed by atoms with Gasteiger partial charge in [0.25, 0.3) is 0 Å². The van der Waals surface area contributed by atoms with Gasteiger partial charge in [0.05, 0.1) is 5.69 Å². The molecule has 2 aromatic heterocycles. The first kappa shape index (κ1) is 17.4. The Morgan fingerprint density at radius 1 is 1.22 bits per heavy atom. The molecule has 27 heavy (non-hydrogen) atoms. The Balaban J connectivity index is 1.95. The van der Waals surface area contributed by atoms with Gasteiger partial charge in [0.15, 0.2) is 5.69 Å². The van der Waals surface area contributed by atoms with E-state index in [1.807, 2.05) is 43.3 Å². The van der Waals surface area contributed by atoms with Gasteiger partial charge in [0.1, 0.15) is 0 Å². The number of anilines is 1. The van der Waals surface area contributed by atoms with E-state index in [1.165, 1.54) is 18.7 Å². The monoisotopic (exact) mass is 379 g/mol. The number of carbonyl (C=O) groups is 1. The first-order chi connectivity index (χ1) is 13.2. The number of para-hydroxylation sites is 1. The van der Waals surface area contributed by atoms with Gasteiger partial charge in [-0.15, -0.1) is 10.2 Å². The maximum atomic E-state index is 12.6. The molecule has 0 unspecified atom stereocenters. The number of hydrogen-bond acceptors (Lipinski definition) is 7. The van der Waals surface area contributed by atoms with Crippen LogP contribution in [-0.2, 0) is 4.79 Å². The molecule has 1 aromatic carbocycles. The Bertz CT molecular complexity index is 983. The average Bonchev–Trinajstić information content (AvgIpc) is 2.83. The molecule has 1 atom stereocenters. The molecule has 0 radical (unpaired) electrons. The second-order valence-corrected chi connectivity index (χ2v) is 7.08. The van der Waals surface area contributed by atoms with Gasteiger partial charge in [0.2, 0.25) is 23.2 Å². The predicted octanol–water partition coefficient (Wildman–Crippen LogP) is 3.49. The number of thioether (sulfide) groups is 1. The van der Waals surface area contributed by atoms with E-state index in [1.54, 1.807) is 17.3 Å². The normalized spacial score (nSPS) is 15.3. The van der Waals surface area contributed by atoms with Crippen LogP contribution in [0.1, 0.15) is 25.6 Å². The van der Waals surface area contributed by atoms with Crippen molar-refractivity contribution in [2.24, 2.45) is 0 Å². The number of benzene rings is 1. The van der Waals surface area contributed by atoms with Crippen LogP contribution in [0.3, 0.4) is 0 Å². The third kappa shape index (κ3) is 3.23. The molecule has 8 heteroatoms. The van der Waals surface area contributed by atoms with Crippen molar-refractivity contribution in [3.05, 3.63) is 54.4 Å². The van der Waals surface area contributed by atoms with E-state index in [9.17, 15) is 4.79 Å². The summed E-state index contributed by atoms with van der Waals surface area (Å²) in [6, 6.07) is 11.2. The average molecular weight is 379 g/mol. The van der Waals surface area contributed by atoms with Gasteiger partial charge in [-0.3, -0.25) is 14.7 Å². The minimum atomic E-state index is -0.699. The molecular weight excluding hydrogens is 362 g/mol. The first-order valence-corrected chi connectivity index (χ1v) is 9.51. The highest BCUT2D eigenvalue weighted by molar-refractivity contribution is 7.99. The van der Waals surface area contributed by atoms with Crippen molar-refractivity contribution in [3.8, 4) is 17.1 Å². The molecule has 4 rings (SSSR count). The van der Waals surface area contributed by atoms with Crippen LogP contribution >= 0.6 is 11.8 Å². The highest BCUT2D eigenvalue weighted by atomic mass is 32.2. The molecular formula is C19H17N5O2S. The summed E-state index contributed by atoms with van der Waals surface area (Å²) in [6.07, 6.45) is 2.67. The van der Waals surface area contributed by atoms with E-state index in [0.717, 1.165) is 16.9 Å². The number of hydrogen-bond donors (Lipinski definition) is 0. The van der Waals surface area contributed by atoms with E-state index in [2.05, 4.69) is 20.2 Å². The molecule has 0 saturated carbocycles. The summed E-state index contributed by atoms with van der Waals surface area (Å²) in [4.78, 5) is 22.9. The zero-order chi connectivity index (χ0) is 18.8. The minimum Gasteiger partial charge on any atom is -0.447 e. The quantitative estimate of drug-likeness (QED) is 0.644. The van der Waals surface area contributed by atoms with Crippen molar-refractivity contribution in [2.45, 2.75) is 25.2 Å². The molecule has 0 fully saturated rings. The Morgan fingerprint density at radius 2 is 2.07 bits per heavy atom. The maximum absolute atomic E-state index is 12.6. The minimum absolute atomic E-state index is 0.153. The number of pyridine rings is 1. The molecule has 1 aliphatic heterocycles. The number of ether oxygens (including phenoxy) is 1. The van der Waals surface area contributed by atoms with E-state index in [-0.39, 0.29) is 5.91 Å². The predicted molar refractivity (Wildman–Crippen MR) is 102 cm³/mol. The molecule has 7 nitrogen and oxygen atoms in total. The Hall–Kier alpha value is -3.00. The number of aromatic nitrogens is 4. The van der Waals surface area contributed by atoms with Crippen molar-refractivity contribution in [2.75, 3.05) is 10.7 Å². The van der Waals surface area contributed by atoms with Crippen LogP contribution in [0, 0.1) is 0 Å². The molecule has 3 aromatic rings. The summed E-state index contributed by atoms with van der Waals surface area (Å²) in [5.74, 6) is 1.02. The van der Waals surface area contributed by atoms with Gasteiger partial charge in [-0.2, -0.15) is 4.98 Å². The molecule has 0 spiro atoms. The van der Waals surface area contributed by atoms with Gasteiger partial charge in [-0.05, 0) is 17.9 Å². The largest absolute Gasteiger partial charge is 0.447 e. The van der Waals surface area contributed by atoms with Gasteiger partial charge in [0, 0.05) is 30.4 Å². The summed E-state index contributed by atoms with van der Waals surface area (Å²) < 4.78 is 6.22. The third-order valence-electron chi connectivity index (χ3n) is 4.09.